The van der Waals surface area contributed by atoms with E-state index in [1.165, 1.54) is 19.3 Å². The Morgan fingerprint density at radius 1 is 1.20 bits per heavy atom. The summed E-state index contributed by atoms with van der Waals surface area (Å²) in [5.74, 6) is 0.818. The summed E-state index contributed by atoms with van der Waals surface area (Å²) < 4.78 is 0. The van der Waals surface area contributed by atoms with Crippen molar-refractivity contribution in [3.8, 4) is 0 Å². The van der Waals surface area contributed by atoms with E-state index in [2.05, 4.69) is 13.8 Å². The van der Waals surface area contributed by atoms with Crippen molar-refractivity contribution in [2.24, 2.45) is 5.92 Å². The Labute approximate surface area is 64.5 Å². The molecule has 0 N–H and O–H groups in total. The lowest BCUT2D eigenvalue weighted by Gasteiger charge is -2.11. The van der Waals surface area contributed by atoms with Crippen LogP contribution in [0.3, 0.4) is 0 Å². The van der Waals surface area contributed by atoms with Crippen LogP contribution in [0.4, 0.5) is 0 Å². The van der Waals surface area contributed by atoms with Gasteiger partial charge in [-0.15, -0.1) is 0 Å². The summed E-state index contributed by atoms with van der Waals surface area (Å²) in [5, 5.41) is 10.2. The zero-order chi connectivity index (χ0) is 7.82. The molecule has 0 rings (SSSR count). The van der Waals surface area contributed by atoms with E-state index in [0.29, 0.717) is 0 Å². The zero-order valence-electron chi connectivity index (χ0n) is 7.23. The predicted octanol–water partition coefficient (Wildman–Crippen LogP) is 3.02. The maximum absolute atomic E-state index is 10.2. The van der Waals surface area contributed by atoms with Crippen molar-refractivity contribution < 1.29 is 5.11 Å². The molecule has 0 aliphatic rings. The molecule has 0 aromatic heterocycles. The van der Waals surface area contributed by atoms with Gasteiger partial charge in [-0.05, 0) is 18.8 Å². The minimum absolute atomic E-state index is 0.111. The summed E-state index contributed by atoms with van der Waals surface area (Å²) in [6.07, 6.45) is 5.83. The molecule has 1 radical (unpaired) electrons. The minimum Gasteiger partial charge on any atom is -0.237 e. The van der Waals surface area contributed by atoms with Crippen molar-refractivity contribution in [2.75, 3.05) is 6.61 Å². The zero-order valence-corrected chi connectivity index (χ0v) is 7.23. The average Bonchev–Trinajstić information content (AvgIpc) is 1.98. The summed E-state index contributed by atoms with van der Waals surface area (Å²) >= 11 is 0. The summed E-state index contributed by atoms with van der Waals surface area (Å²) in [7, 11) is 0. The summed E-state index contributed by atoms with van der Waals surface area (Å²) in [6.45, 7) is 4.53. The van der Waals surface area contributed by atoms with Crippen LogP contribution in [0.1, 0.15) is 46.0 Å². The molecule has 0 spiro atoms. The highest BCUT2D eigenvalue weighted by molar-refractivity contribution is 4.55. The number of hydrogen-bond donors (Lipinski definition) is 0. The lowest BCUT2D eigenvalue weighted by molar-refractivity contribution is 0.179. The van der Waals surface area contributed by atoms with Crippen molar-refractivity contribution in [3.63, 3.8) is 0 Å². The third-order valence-electron chi connectivity index (χ3n) is 2.03. The van der Waals surface area contributed by atoms with E-state index in [1.54, 1.807) is 0 Å². The molecule has 0 fully saturated rings. The topological polar surface area (TPSA) is 19.9 Å². The fourth-order valence-corrected chi connectivity index (χ4v) is 1.33. The number of rotatable bonds is 6. The van der Waals surface area contributed by atoms with Gasteiger partial charge in [0, 0.05) is 0 Å². The van der Waals surface area contributed by atoms with Crippen molar-refractivity contribution in [3.05, 3.63) is 0 Å². The second kappa shape index (κ2) is 7.07. The van der Waals surface area contributed by atoms with E-state index in [-0.39, 0.29) is 6.61 Å². The van der Waals surface area contributed by atoms with Crippen LogP contribution in [0.5, 0.6) is 0 Å². The largest absolute Gasteiger partial charge is 0.237 e. The maximum atomic E-state index is 10.2. The Kier molecular flexibility index (Phi) is 7.04. The monoisotopic (exact) mass is 143 g/mol. The van der Waals surface area contributed by atoms with Crippen LogP contribution in [-0.2, 0) is 5.11 Å². The summed E-state index contributed by atoms with van der Waals surface area (Å²) in [5.41, 5.74) is 0. The molecule has 0 aliphatic heterocycles. The molecule has 0 heterocycles. The molecule has 1 nitrogen and oxygen atoms in total. The van der Waals surface area contributed by atoms with Crippen LogP contribution in [0, 0.1) is 5.92 Å². The molecule has 0 aromatic carbocycles. The second-order valence-corrected chi connectivity index (χ2v) is 2.91. The van der Waals surface area contributed by atoms with Crippen LogP contribution in [0.15, 0.2) is 0 Å². The van der Waals surface area contributed by atoms with Crippen LogP contribution in [0.25, 0.3) is 0 Å². The smallest absolute Gasteiger partial charge is 0.0822 e. The fraction of sp³-hybridized carbons (Fsp3) is 1.00. The predicted molar refractivity (Wildman–Crippen MR) is 43.5 cm³/mol. The molecule has 0 aromatic rings. The minimum atomic E-state index is 0.111. The van der Waals surface area contributed by atoms with E-state index in [4.69, 9.17) is 0 Å². The van der Waals surface area contributed by atoms with E-state index in [1.807, 2.05) is 0 Å². The van der Waals surface area contributed by atoms with Gasteiger partial charge in [0.25, 0.3) is 0 Å². The molecule has 61 valence electrons. The van der Waals surface area contributed by atoms with Gasteiger partial charge < -0.3 is 0 Å². The molecule has 1 heteroatoms. The molecular weight excluding hydrogens is 124 g/mol. The standard InChI is InChI=1S/C9H19O/c1-3-6-9(4-2)7-5-8-10/h9H,3-8H2,1-2H3. The third kappa shape index (κ3) is 4.80. The Hall–Kier alpha value is -0.0400. The molecule has 0 aliphatic carbocycles. The second-order valence-electron chi connectivity index (χ2n) is 2.91. The van der Waals surface area contributed by atoms with Crippen molar-refractivity contribution in [2.45, 2.75) is 46.0 Å². The van der Waals surface area contributed by atoms with Gasteiger partial charge in [0.15, 0.2) is 0 Å². The lowest BCUT2D eigenvalue weighted by atomic mass is 9.96. The quantitative estimate of drug-likeness (QED) is 0.544. The van der Waals surface area contributed by atoms with Crippen molar-refractivity contribution >= 4 is 0 Å². The molecular formula is C9H19O. The first kappa shape index (κ1) is 9.96. The lowest BCUT2D eigenvalue weighted by Crippen LogP contribution is -1.98. The Balaban J connectivity index is 3.21. The summed E-state index contributed by atoms with van der Waals surface area (Å²) in [6, 6.07) is 0. The van der Waals surface area contributed by atoms with Crippen LogP contribution in [-0.4, -0.2) is 6.61 Å². The first-order valence-electron chi connectivity index (χ1n) is 4.43. The van der Waals surface area contributed by atoms with Gasteiger partial charge in [-0.1, -0.05) is 33.1 Å². The van der Waals surface area contributed by atoms with E-state index >= 15 is 0 Å². The molecule has 1 unspecified atom stereocenters. The molecule has 10 heavy (non-hydrogen) atoms. The summed E-state index contributed by atoms with van der Waals surface area (Å²) in [4.78, 5) is 0. The van der Waals surface area contributed by atoms with Gasteiger partial charge in [0.1, 0.15) is 0 Å². The van der Waals surface area contributed by atoms with Gasteiger partial charge in [-0.3, -0.25) is 0 Å². The first-order valence-corrected chi connectivity index (χ1v) is 4.43. The Morgan fingerprint density at radius 2 is 1.90 bits per heavy atom. The SMILES string of the molecule is CCCC(CC)CCC[O]. The van der Waals surface area contributed by atoms with Gasteiger partial charge in [-0.25, -0.2) is 5.11 Å². The van der Waals surface area contributed by atoms with E-state index < -0.39 is 0 Å². The highest BCUT2D eigenvalue weighted by Crippen LogP contribution is 2.16. The van der Waals surface area contributed by atoms with Gasteiger partial charge in [-0.2, -0.15) is 0 Å². The van der Waals surface area contributed by atoms with Gasteiger partial charge >= 0.3 is 0 Å². The molecule has 0 amide bonds. The normalized spacial score (nSPS) is 13.5. The molecule has 1 atom stereocenters. The highest BCUT2D eigenvalue weighted by atomic mass is 16.2. The van der Waals surface area contributed by atoms with Gasteiger partial charge in [0.2, 0.25) is 0 Å². The van der Waals surface area contributed by atoms with Crippen LogP contribution >= 0.6 is 0 Å². The Bertz CT molecular complexity index is 61.7. The molecule has 0 saturated heterocycles. The fourth-order valence-electron chi connectivity index (χ4n) is 1.33. The average molecular weight is 143 g/mol. The molecule has 0 bridgehead atoms. The van der Waals surface area contributed by atoms with Gasteiger partial charge in [0.05, 0.1) is 6.61 Å². The van der Waals surface area contributed by atoms with E-state index in [0.717, 1.165) is 18.8 Å². The van der Waals surface area contributed by atoms with Crippen molar-refractivity contribution in [1.29, 1.82) is 0 Å². The third-order valence-corrected chi connectivity index (χ3v) is 2.03. The highest BCUT2D eigenvalue weighted by Gasteiger charge is 2.03. The maximum Gasteiger partial charge on any atom is 0.0822 e. The van der Waals surface area contributed by atoms with Crippen LogP contribution < -0.4 is 0 Å². The Morgan fingerprint density at radius 3 is 2.30 bits per heavy atom. The van der Waals surface area contributed by atoms with E-state index in [9.17, 15) is 5.11 Å². The first-order chi connectivity index (χ1) is 4.85. The van der Waals surface area contributed by atoms with Crippen LogP contribution in [0.2, 0.25) is 0 Å². The number of hydrogen-bond acceptors (Lipinski definition) is 0. The van der Waals surface area contributed by atoms with Crippen molar-refractivity contribution in [1.82, 2.24) is 0 Å². The molecule has 0 saturated carbocycles.